The van der Waals surface area contributed by atoms with Gasteiger partial charge in [-0.2, -0.15) is 0 Å². The molecule has 3 heteroatoms. The van der Waals surface area contributed by atoms with Gasteiger partial charge in [-0.25, -0.2) is 4.98 Å². The van der Waals surface area contributed by atoms with Crippen LogP contribution in [0.15, 0.2) is 5.38 Å². The summed E-state index contributed by atoms with van der Waals surface area (Å²) in [7, 11) is 0. The first-order valence-electron chi connectivity index (χ1n) is 6.46. The molecule has 0 aliphatic heterocycles. The molecule has 1 saturated carbocycles. The average molecular weight is 253 g/mol. The van der Waals surface area contributed by atoms with Crippen molar-refractivity contribution in [3.8, 4) is 0 Å². The predicted molar refractivity (Wildman–Crippen MR) is 72.5 cm³/mol. The fraction of sp³-hybridized carbons (Fsp3) is 0.786. The van der Waals surface area contributed by atoms with Crippen LogP contribution >= 0.6 is 11.3 Å². The van der Waals surface area contributed by atoms with E-state index in [1.54, 1.807) is 11.3 Å². The molecular weight excluding hydrogens is 230 g/mol. The molecule has 0 saturated heterocycles. The molecule has 0 aromatic carbocycles. The van der Waals surface area contributed by atoms with E-state index in [-0.39, 0.29) is 5.41 Å². The van der Waals surface area contributed by atoms with Gasteiger partial charge in [0.05, 0.1) is 16.3 Å². The second kappa shape index (κ2) is 4.36. The molecule has 0 spiro atoms. The normalized spacial score (nSPS) is 29.8. The van der Waals surface area contributed by atoms with Gasteiger partial charge in [-0.1, -0.05) is 27.7 Å². The first-order chi connectivity index (χ1) is 7.78. The van der Waals surface area contributed by atoms with Crippen LogP contribution in [0.1, 0.15) is 57.7 Å². The number of rotatable bonds is 2. The summed E-state index contributed by atoms with van der Waals surface area (Å²) in [6.45, 7) is 8.76. The van der Waals surface area contributed by atoms with Crippen LogP contribution in [0.4, 0.5) is 0 Å². The third kappa shape index (κ3) is 3.08. The number of aliphatic hydroxyl groups is 1. The lowest BCUT2D eigenvalue weighted by atomic mass is 9.93. The standard InChI is InChI=1S/C14H23NOS/c1-10-5-6-14(16,7-10)8-12-15-11(9-17-12)13(2,3)4/h9-10,16H,5-8H2,1-4H3. The first kappa shape index (κ1) is 13.0. The van der Waals surface area contributed by atoms with E-state index in [0.29, 0.717) is 5.92 Å². The summed E-state index contributed by atoms with van der Waals surface area (Å²) < 4.78 is 0. The molecule has 17 heavy (non-hydrogen) atoms. The second-order valence-corrected chi connectivity index (χ2v) is 7.57. The fourth-order valence-corrected chi connectivity index (χ4v) is 3.70. The molecule has 1 fully saturated rings. The Morgan fingerprint density at radius 1 is 1.53 bits per heavy atom. The first-order valence-corrected chi connectivity index (χ1v) is 7.34. The molecule has 0 radical (unpaired) electrons. The topological polar surface area (TPSA) is 33.1 Å². The van der Waals surface area contributed by atoms with Gasteiger partial charge in [-0.05, 0) is 25.2 Å². The minimum Gasteiger partial charge on any atom is -0.389 e. The number of thiazole rings is 1. The molecule has 1 aromatic heterocycles. The molecule has 2 rings (SSSR count). The molecule has 0 amide bonds. The lowest BCUT2D eigenvalue weighted by molar-refractivity contribution is 0.0445. The number of aromatic nitrogens is 1. The Balaban J connectivity index is 2.07. The second-order valence-electron chi connectivity index (χ2n) is 6.63. The van der Waals surface area contributed by atoms with Gasteiger partial charge in [-0.15, -0.1) is 11.3 Å². The summed E-state index contributed by atoms with van der Waals surface area (Å²) in [6.07, 6.45) is 3.74. The van der Waals surface area contributed by atoms with Gasteiger partial charge in [0.15, 0.2) is 0 Å². The zero-order valence-electron chi connectivity index (χ0n) is 11.3. The Hall–Kier alpha value is -0.410. The van der Waals surface area contributed by atoms with E-state index in [9.17, 15) is 5.11 Å². The highest BCUT2D eigenvalue weighted by atomic mass is 32.1. The Labute approximate surface area is 108 Å². The van der Waals surface area contributed by atoms with Crippen LogP contribution in [0.3, 0.4) is 0 Å². The van der Waals surface area contributed by atoms with E-state index in [2.05, 4.69) is 38.1 Å². The van der Waals surface area contributed by atoms with E-state index >= 15 is 0 Å². The largest absolute Gasteiger partial charge is 0.389 e. The maximum Gasteiger partial charge on any atom is 0.0957 e. The summed E-state index contributed by atoms with van der Waals surface area (Å²) in [6, 6.07) is 0. The van der Waals surface area contributed by atoms with Gasteiger partial charge in [0, 0.05) is 17.2 Å². The van der Waals surface area contributed by atoms with Gasteiger partial charge in [0.1, 0.15) is 0 Å². The summed E-state index contributed by atoms with van der Waals surface area (Å²) >= 11 is 1.69. The summed E-state index contributed by atoms with van der Waals surface area (Å²) in [4.78, 5) is 4.67. The molecule has 1 aliphatic rings. The summed E-state index contributed by atoms with van der Waals surface area (Å²) in [5.41, 5.74) is 0.763. The number of nitrogens with zero attached hydrogens (tertiary/aromatic N) is 1. The monoisotopic (exact) mass is 253 g/mol. The van der Waals surface area contributed by atoms with Crippen LogP contribution in [0.5, 0.6) is 0 Å². The molecule has 96 valence electrons. The van der Waals surface area contributed by atoms with E-state index in [0.717, 1.165) is 36.4 Å². The van der Waals surface area contributed by atoms with Crippen molar-refractivity contribution in [2.24, 2.45) is 5.92 Å². The van der Waals surface area contributed by atoms with Crippen LogP contribution in [0, 0.1) is 5.92 Å². The van der Waals surface area contributed by atoms with Crippen LogP contribution in [0.25, 0.3) is 0 Å². The van der Waals surface area contributed by atoms with E-state index in [4.69, 9.17) is 0 Å². The Kier molecular flexibility index (Phi) is 3.34. The fourth-order valence-electron chi connectivity index (χ4n) is 2.55. The Morgan fingerprint density at radius 2 is 2.24 bits per heavy atom. The maximum absolute atomic E-state index is 10.5. The highest BCUT2D eigenvalue weighted by Gasteiger charge is 2.36. The Bertz CT molecular complexity index is 393. The minimum atomic E-state index is -0.494. The van der Waals surface area contributed by atoms with Crippen LogP contribution in [0.2, 0.25) is 0 Å². The highest BCUT2D eigenvalue weighted by molar-refractivity contribution is 7.09. The molecule has 1 N–H and O–H groups in total. The highest BCUT2D eigenvalue weighted by Crippen LogP contribution is 2.37. The maximum atomic E-state index is 10.5. The van der Waals surface area contributed by atoms with Crippen molar-refractivity contribution in [2.75, 3.05) is 0 Å². The molecule has 2 atom stereocenters. The van der Waals surface area contributed by atoms with Crippen molar-refractivity contribution in [2.45, 2.75) is 64.4 Å². The van der Waals surface area contributed by atoms with Crippen LogP contribution in [-0.4, -0.2) is 15.7 Å². The number of hydrogen-bond donors (Lipinski definition) is 1. The van der Waals surface area contributed by atoms with Crippen molar-refractivity contribution in [3.05, 3.63) is 16.1 Å². The van der Waals surface area contributed by atoms with E-state index < -0.39 is 5.60 Å². The molecular formula is C14H23NOS. The van der Waals surface area contributed by atoms with Gasteiger partial charge in [0.2, 0.25) is 0 Å². The van der Waals surface area contributed by atoms with Crippen LogP contribution < -0.4 is 0 Å². The minimum absolute atomic E-state index is 0.111. The summed E-state index contributed by atoms with van der Waals surface area (Å²) in [5.74, 6) is 0.655. The zero-order valence-corrected chi connectivity index (χ0v) is 12.1. The van der Waals surface area contributed by atoms with E-state index in [1.807, 2.05) is 0 Å². The van der Waals surface area contributed by atoms with E-state index in [1.165, 1.54) is 0 Å². The van der Waals surface area contributed by atoms with Crippen molar-refractivity contribution < 1.29 is 5.11 Å². The van der Waals surface area contributed by atoms with Crippen molar-refractivity contribution >= 4 is 11.3 Å². The molecule has 1 aromatic rings. The van der Waals surface area contributed by atoms with Gasteiger partial charge in [0.25, 0.3) is 0 Å². The van der Waals surface area contributed by atoms with Gasteiger partial charge in [-0.3, -0.25) is 0 Å². The molecule has 0 bridgehead atoms. The predicted octanol–water partition coefficient (Wildman–Crippen LogP) is 3.53. The zero-order chi connectivity index (χ0) is 12.7. The lowest BCUT2D eigenvalue weighted by Gasteiger charge is -2.21. The smallest absolute Gasteiger partial charge is 0.0957 e. The summed E-state index contributed by atoms with van der Waals surface area (Å²) in [5, 5.41) is 13.7. The third-order valence-electron chi connectivity index (χ3n) is 3.63. The lowest BCUT2D eigenvalue weighted by Crippen LogP contribution is -2.27. The van der Waals surface area contributed by atoms with Crippen LogP contribution in [-0.2, 0) is 11.8 Å². The average Bonchev–Trinajstić information content (AvgIpc) is 2.73. The van der Waals surface area contributed by atoms with Gasteiger partial charge < -0.3 is 5.11 Å². The number of hydrogen-bond acceptors (Lipinski definition) is 3. The van der Waals surface area contributed by atoms with Crippen molar-refractivity contribution in [1.29, 1.82) is 0 Å². The molecule has 1 aliphatic carbocycles. The molecule has 2 nitrogen and oxygen atoms in total. The quantitative estimate of drug-likeness (QED) is 0.874. The molecule has 2 unspecified atom stereocenters. The van der Waals surface area contributed by atoms with Crippen molar-refractivity contribution in [1.82, 2.24) is 4.98 Å². The Morgan fingerprint density at radius 3 is 2.71 bits per heavy atom. The third-order valence-corrected chi connectivity index (χ3v) is 4.48. The molecule has 1 heterocycles. The SMILES string of the molecule is CC1CCC(O)(Cc2nc(C(C)(C)C)cs2)C1. The van der Waals surface area contributed by atoms with Gasteiger partial charge >= 0.3 is 0 Å². The van der Waals surface area contributed by atoms with Crippen molar-refractivity contribution in [3.63, 3.8) is 0 Å².